The number of methoxy groups -OCH3 is 1. The number of esters is 1. The van der Waals surface area contributed by atoms with Gasteiger partial charge in [-0.05, 0) is 60.9 Å². The summed E-state index contributed by atoms with van der Waals surface area (Å²) in [4.78, 5) is 24.6. The number of nitrogens with one attached hydrogen (secondary N) is 1. The van der Waals surface area contributed by atoms with Crippen molar-refractivity contribution in [2.75, 3.05) is 13.7 Å². The number of unbranched alkanes of at least 4 members (excludes halogenated alkanes) is 10. The van der Waals surface area contributed by atoms with Crippen LogP contribution in [0.4, 0.5) is 0 Å². The Bertz CT molecular complexity index is 1000. The number of ether oxygens (including phenoxy) is 3. The molecule has 0 atom stereocenters. The third-order valence-corrected chi connectivity index (χ3v) is 6.36. The molecule has 0 radical (unpaired) electrons. The van der Waals surface area contributed by atoms with Gasteiger partial charge in [0.25, 0.3) is 0 Å². The molecule has 1 amide bonds. The number of carbonyl (C=O) groups is 2. The van der Waals surface area contributed by atoms with E-state index in [4.69, 9.17) is 14.2 Å². The lowest BCUT2D eigenvalue weighted by molar-refractivity contribution is -0.121. The van der Waals surface area contributed by atoms with Crippen molar-refractivity contribution in [3.8, 4) is 17.2 Å². The lowest BCUT2D eigenvalue weighted by Crippen LogP contribution is -2.16. The zero-order valence-electron chi connectivity index (χ0n) is 24.0. The molecule has 0 aromatic heterocycles. The summed E-state index contributed by atoms with van der Waals surface area (Å²) in [5.74, 6) is 0.812. The van der Waals surface area contributed by atoms with Gasteiger partial charge in [-0.15, -0.1) is 0 Å². The van der Waals surface area contributed by atoms with Gasteiger partial charge in [-0.25, -0.2) is 10.2 Å². The number of rotatable bonds is 20. The second-order valence-corrected chi connectivity index (χ2v) is 9.75. The number of carbonyl (C=O) groups excluding carboxylic acids is 2. The molecule has 7 heteroatoms. The molecule has 1 N–H and O–H groups in total. The first kappa shape index (κ1) is 31.9. The molecule has 0 aliphatic rings. The van der Waals surface area contributed by atoms with Crippen LogP contribution in [0.5, 0.6) is 17.2 Å². The van der Waals surface area contributed by atoms with Gasteiger partial charge in [0.2, 0.25) is 5.91 Å². The summed E-state index contributed by atoms with van der Waals surface area (Å²) in [6, 6.07) is 11.9. The Morgan fingerprint density at radius 2 is 1.44 bits per heavy atom. The number of nitrogens with zero attached hydrogens (tertiary/aromatic N) is 1. The van der Waals surface area contributed by atoms with E-state index >= 15 is 0 Å². The second-order valence-electron chi connectivity index (χ2n) is 9.75. The summed E-state index contributed by atoms with van der Waals surface area (Å²) in [6.45, 7) is 4.91. The zero-order chi connectivity index (χ0) is 28.1. The lowest BCUT2D eigenvalue weighted by atomic mass is 10.1. The van der Waals surface area contributed by atoms with Gasteiger partial charge in [0.05, 0.1) is 25.5 Å². The predicted molar refractivity (Wildman–Crippen MR) is 157 cm³/mol. The number of hydrazone groups is 1. The average Bonchev–Trinajstić information content (AvgIpc) is 2.95. The van der Waals surface area contributed by atoms with Crippen LogP contribution in [0.3, 0.4) is 0 Å². The minimum Gasteiger partial charge on any atom is -0.494 e. The summed E-state index contributed by atoms with van der Waals surface area (Å²) in [7, 11) is 1.50. The number of amides is 1. The Morgan fingerprint density at radius 1 is 0.795 bits per heavy atom. The molecule has 2 aromatic carbocycles. The minimum absolute atomic E-state index is 0.0918. The molecule has 0 bridgehead atoms. The fraction of sp³-hybridized carbons (Fsp3) is 0.531. The molecule has 7 nitrogen and oxygen atoms in total. The number of hydrogen-bond donors (Lipinski definition) is 1. The maximum atomic E-state index is 12.6. The topological polar surface area (TPSA) is 86.2 Å². The SMILES string of the molecule is CCCCCCCCCCCCCC(=O)N/N=C/c1ccc(OC(=O)c2ccc(OCCC)cc2)c(OC)c1. The van der Waals surface area contributed by atoms with Gasteiger partial charge < -0.3 is 14.2 Å². The zero-order valence-corrected chi connectivity index (χ0v) is 24.0. The van der Waals surface area contributed by atoms with E-state index < -0.39 is 5.97 Å². The van der Waals surface area contributed by atoms with Crippen molar-refractivity contribution >= 4 is 18.1 Å². The van der Waals surface area contributed by atoms with Crippen molar-refractivity contribution in [2.45, 2.75) is 97.3 Å². The molecule has 0 heterocycles. The molecule has 0 saturated heterocycles. The quantitative estimate of drug-likeness (QED) is 0.0610. The Hall–Kier alpha value is -3.35. The number of hydrogen-bond acceptors (Lipinski definition) is 6. The van der Waals surface area contributed by atoms with Gasteiger partial charge in [0.1, 0.15) is 5.75 Å². The van der Waals surface area contributed by atoms with E-state index in [0.29, 0.717) is 41.4 Å². The molecule has 39 heavy (non-hydrogen) atoms. The third kappa shape index (κ3) is 13.3. The van der Waals surface area contributed by atoms with Crippen LogP contribution < -0.4 is 19.6 Å². The van der Waals surface area contributed by atoms with E-state index in [0.717, 1.165) is 19.3 Å². The van der Waals surface area contributed by atoms with Crippen LogP contribution in [0, 0.1) is 0 Å². The number of benzene rings is 2. The molecule has 2 aromatic rings. The Labute approximate surface area is 234 Å². The predicted octanol–water partition coefficient (Wildman–Crippen LogP) is 7.85. The van der Waals surface area contributed by atoms with Crippen LogP contribution >= 0.6 is 0 Å². The highest BCUT2D eigenvalue weighted by Crippen LogP contribution is 2.28. The molecule has 0 saturated carbocycles. The molecular weight excluding hydrogens is 492 g/mol. The highest BCUT2D eigenvalue weighted by atomic mass is 16.6. The maximum Gasteiger partial charge on any atom is 0.343 e. The first-order valence-corrected chi connectivity index (χ1v) is 14.5. The van der Waals surface area contributed by atoms with E-state index in [1.807, 2.05) is 6.92 Å². The van der Waals surface area contributed by atoms with Crippen LogP contribution in [0.15, 0.2) is 47.6 Å². The van der Waals surface area contributed by atoms with Gasteiger partial charge in [-0.1, -0.05) is 78.1 Å². The lowest BCUT2D eigenvalue weighted by Gasteiger charge is -2.10. The summed E-state index contributed by atoms with van der Waals surface area (Å²) >= 11 is 0. The molecule has 214 valence electrons. The van der Waals surface area contributed by atoms with Crippen LogP contribution in [0.25, 0.3) is 0 Å². The summed E-state index contributed by atoms with van der Waals surface area (Å²) < 4.78 is 16.5. The summed E-state index contributed by atoms with van der Waals surface area (Å²) in [5.41, 5.74) is 3.70. The fourth-order valence-electron chi connectivity index (χ4n) is 4.10. The van der Waals surface area contributed by atoms with Crippen molar-refractivity contribution in [1.29, 1.82) is 0 Å². The Kier molecular flexibility index (Phi) is 16.1. The van der Waals surface area contributed by atoms with Gasteiger partial charge in [-0.3, -0.25) is 4.79 Å². The third-order valence-electron chi connectivity index (χ3n) is 6.36. The van der Waals surface area contributed by atoms with E-state index in [1.54, 1.807) is 48.7 Å². The minimum atomic E-state index is -0.494. The second kappa shape index (κ2) is 19.7. The highest BCUT2D eigenvalue weighted by molar-refractivity contribution is 5.91. The molecule has 0 fully saturated rings. The molecule has 2 rings (SSSR count). The first-order chi connectivity index (χ1) is 19.1. The molecule has 0 aliphatic heterocycles. The van der Waals surface area contributed by atoms with Gasteiger partial charge >= 0.3 is 5.97 Å². The average molecular weight is 539 g/mol. The van der Waals surface area contributed by atoms with Gasteiger partial charge in [0.15, 0.2) is 11.5 Å². The fourth-order valence-corrected chi connectivity index (χ4v) is 4.10. The normalized spacial score (nSPS) is 10.9. The van der Waals surface area contributed by atoms with Crippen LogP contribution in [-0.2, 0) is 4.79 Å². The maximum absolute atomic E-state index is 12.6. The molecular formula is C32H46N2O5. The van der Waals surface area contributed by atoms with Crippen molar-refractivity contribution in [3.63, 3.8) is 0 Å². The monoisotopic (exact) mass is 538 g/mol. The van der Waals surface area contributed by atoms with Crippen LogP contribution in [0.2, 0.25) is 0 Å². The van der Waals surface area contributed by atoms with Gasteiger partial charge in [0, 0.05) is 6.42 Å². The summed E-state index contributed by atoms with van der Waals surface area (Å²) in [5, 5.41) is 4.05. The Morgan fingerprint density at radius 3 is 2.05 bits per heavy atom. The van der Waals surface area contributed by atoms with Crippen molar-refractivity contribution in [3.05, 3.63) is 53.6 Å². The van der Waals surface area contributed by atoms with E-state index in [2.05, 4.69) is 17.5 Å². The standard InChI is InChI=1S/C32H46N2O5/c1-4-6-7-8-9-10-11-12-13-14-15-16-31(35)34-33-25-26-17-22-29(30(24-26)37-3)39-32(36)27-18-20-28(21-19-27)38-23-5-2/h17-22,24-25H,4-16,23H2,1-3H3,(H,34,35)/b33-25+. The van der Waals surface area contributed by atoms with E-state index in [-0.39, 0.29) is 5.91 Å². The van der Waals surface area contributed by atoms with Crippen molar-refractivity contribution in [2.24, 2.45) is 5.10 Å². The van der Waals surface area contributed by atoms with E-state index in [1.165, 1.54) is 64.9 Å². The molecule has 0 unspecified atom stereocenters. The molecule has 0 aliphatic carbocycles. The molecule has 0 spiro atoms. The van der Waals surface area contributed by atoms with Crippen molar-refractivity contribution < 1.29 is 23.8 Å². The largest absolute Gasteiger partial charge is 0.494 e. The highest BCUT2D eigenvalue weighted by Gasteiger charge is 2.13. The van der Waals surface area contributed by atoms with Gasteiger partial charge in [-0.2, -0.15) is 5.10 Å². The first-order valence-electron chi connectivity index (χ1n) is 14.5. The van der Waals surface area contributed by atoms with Crippen molar-refractivity contribution in [1.82, 2.24) is 5.43 Å². The summed E-state index contributed by atoms with van der Waals surface area (Å²) in [6.07, 6.45) is 16.7. The van der Waals surface area contributed by atoms with E-state index in [9.17, 15) is 9.59 Å². The smallest absolute Gasteiger partial charge is 0.343 e. The Balaban J connectivity index is 1.69. The van der Waals surface area contributed by atoms with Crippen LogP contribution in [0.1, 0.15) is 113 Å². The van der Waals surface area contributed by atoms with Crippen LogP contribution in [-0.4, -0.2) is 31.8 Å².